The predicted octanol–water partition coefficient (Wildman–Crippen LogP) is 2.20. The quantitative estimate of drug-likeness (QED) is 0.365. The molecule has 8 heteroatoms. The molecule has 0 atom stereocenters. The van der Waals surface area contributed by atoms with Gasteiger partial charge in [-0.15, -0.1) is 0 Å². The molecule has 1 saturated heterocycles. The number of nitrogens with one attached hydrogen (secondary N) is 2. The van der Waals surface area contributed by atoms with E-state index in [0.29, 0.717) is 25.7 Å². The van der Waals surface area contributed by atoms with E-state index in [4.69, 9.17) is 4.74 Å². The molecule has 2 rings (SSSR count). The van der Waals surface area contributed by atoms with Gasteiger partial charge in [0, 0.05) is 39.8 Å². The lowest BCUT2D eigenvalue weighted by atomic mass is 10.0. The van der Waals surface area contributed by atoms with Crippen molar-refractivity contribution in [3.63, 3.8) is 0 Å². The molecule has 1 aliphatic carbocycles. The minimum absolute atomic E-state index is 0.0193. The molecule has 2 amide bonds. The van der Waals surface area contributed by atoms with Crippen molar-refractivity contribution in [2.45, 2.75) is 64.3 Å². The Morgan fingerprint density at radius 2 is 1.83 bits per heavy atom. The van der Waals surface area contributed by atoms with Gasteiger partial charge >= 0.3 is 6.09 Å². The Balaban J connectivity index is 1.80. The topological polar surface area (TPSA) is 86.3 Å². The van der Waals surface area contributed by atoms with Crippen LogP contribution in [0.15, 0.2) is 4.99 Å². The minimum Gasteiger partial charge on any atom is -0.450 e. The molecule has 0 spiro atoms. The highest BCUT2D eigenvalue weighted by molar-refractivity contribution is 5.85. The zero-order valence-corrected chi connectivity index (χ0v) is 18.4. The number of rotatable bonds is 8. The Morgan fingerprint density at radius 1 is 1.14 bits per heavy atom. The molecule has 0 aromatic rings. The number of likely N-dealkylation sites (N-methyl/N-ethyl adjacent to an activating group) is 1. The Labute approximate surface area is 175 Å². The van der Waals surface area contributed by atoms with Gasteiger partial charge in [-0.1, -0.05) is 25.7 Å². The molecule has 2 aliphatic rings. The van der Waals surface area contributed by atoms with E-state index in [1.54, 1.807) is 23.9 Å². The zero-order chi connectivity index (χ0) is 21.1. The first-order valence-electron chi connectivity index (χ1n) is 11.2. The summed E-state index contributed by atoms with van der Waals surface area (Å²) in [5.41, 5.74) is 0. The Kier molecular flexibility index (Phi) is 10.1. The number of carbonyl (C=O) groups is 2. The Bertz CT molecular complexity index is 538. The van der Waals surface area contributed by atoms with Crippen LogP contribution in [0, 0.1) is 5.92 Å². The highest BCUT2D eigenvalue weighted by Crippen LogP contribution is 2.28. The number of amides is 2. The van der Waals surface area contributed by atoms with Gasteiger partial charge in [0.15, 0.2) is 5.96 Å². The van der Waals surface area contributed by atoms with E-state index in [2.05, 4.69) is 15.6 Å². The van der Waals surface area contributed by atoms with Gasteiger partial charge in [-0.2, -0.15) is 0 Å². The summed E-state index contributed by atoms with van der Waals surface area (Å²) < 4.78 is 5.08. The second-order valence-corrected chi connectivity index (χ2v) is 8.28. The van der Waals surface area contributed by atoms with Crippen LogP contribution in [0.5, 0.6) is 0 Å². The number of ether oxygens (including phenoxy) is 1. The minimum atomic E-state index is -0.235. The van der Waals surface area contributed by atoms with Gasteiger partial charge in [0.05, 0.1) is 6.61 Å². The van der Waals surface area contributed by atoms with Crippen LogP contribution in [-0.4, -0.2) is 80.7 Å². The summed E-state index contributed by atoms with van der Waals surface area (Å²) in [6.45, 7) is 4.55. The second-order valence-electron chi connectivity index (χ2n) is 8.28. The van der Waals surface area contributed by atoms with Crippen LogP contribution in [0.1, 0.15) is 58.3 Å². The number of guanidine groups is 1. The molecule has 1 heterocycles. The molecule has 0 aromatic carbocycles. The van der Waals surface area contributed by atoms with Gasteiger partial charge < -0.3 is 25.2 Å². The maximum atomic E-state index is 11.9. The molecular weight excluding hydrogens is 370 g/mol. The van der Waals surface area contributed by atoms with E-state index in [-0.39, 0.29) is 24.6 Å². The highest BCUT2D eigenvalue weighted by atomic mass is 16.6. The van der Waals surface area contributed by atoms with Crippen molar-refractivity contribution in [2.24, 2.45) is 10.9 Å². The summed E-state index contributed by atoms with van der Waals surface area (Å²) in [4.78, 5) is 31.6. The van der Waals surface area contributed by atoms with Crippen LogP contribution in [0.25, 0.3) is 0 Å². The van der Waals surface area contributed by atoms with E-state index >= 15 is 0 Å². The van der Waals surface area contributed by atoms with Crippen LogP contribution in [-0.2, 0) is 9.53 Å². The molecule has 166 valence electrons. The first kappa shape index (κ1) is 23.3. The van der Waals surface area contributed by atoms with E-state index in [9.17, 15) is 9.59 Å². The predicted molar refractivity (Wildman–Crippen MR) is 115 cm³/mol. The van der Waals surface area contributed by atoms with Crippen molar-refractivity contribution in [3.05, 3.63) is 0 Å². The molecule has 0 aromatic heterocycles. The molecule has 8 nitrogen and oxygen atoms in total. The summed E-state index contributed by atoms with van der Waals surface area (Å²) in [5, 5.41) is 6.86. The molecule has 0 unspecified atom stereocenters. The number of carbonyl (C=O) groups excluding carboxylic acids is 2. The fraction of sp³-hybridized carbons (Fsp3) is 0.857. The van der Waals surface area contributed by atoms with Gasteiger partial charge in [0.2, 0.25) is 5.91 Å². The largest absolute Gasteiger partial charge is 0.450 e. The first-order valence-corrected chi connectivity index (χ1v) is 11.2. The van der Waals surface area contributed by atoms with Gasteiger partial charge in [0.1, 0.15) is 6.54 Å². The zero-order valence-electron chi connectivity index (χ0n) is 18.4. The molecule has 2 fully saturated rings. The van der Waals surface area contributed by atoms with Crippen molar-refractivity contribution < 1.29 is 14.3 Å². The van der Waals surface area contributed by atoms with Crippen molar-refractivity contribution >= 4 is 18.0 Å². The molecule has 1 saturated carbocycles. The number of hydrogen-bond acceptors (Lipinski definition) is 4. The summed E-state index contributed by atoms with van der Waals surface area (Å²) in [7, 11) is 3.48. The number of aliphatic imine (C=N–C) groups is 1. The number of likely N-dealkylation sites (tertiary alicyclic amines) is 1. The molecule has 1 aliphatic heterocycles. The average molecular weight is 410 g/mol. The van der Waals surface area contributed by atoms with Crippen LogP contribution in [0.4, 0.5) is 4.79 Å². The van der Waals surface area contributed by atoms with E-state index < -0.39 is 0 Å². The lowest BCUT2D eigenvalue weighted by Gasteiger charge is -2.32. The third kappa shape index (κ3) is 8.50. The van der Waals surface area contributed by atoms with Gasteiger partial charge in [-0.25, -0.2) is 9.79 Å². The van der Waals surface area contributed by atoms with Crippen molar-refractivity contribution in [1.82, 2.24) is 20.4 Å². The van der Waals surface area contributed by atoms with Crippen LogP contribution >= 0.6 is 0 Å². The molecule has 2 N–H and O–H groups in total. The second kappa shape index (κ2) is 12.5. The van der Waals surface area contributed by atoms with Crippen LogP contribution in [0.3, 0.4) is 0 Å². The average Bonchev–Trinajstić information content (AvgIpc) is 3.23. The summed E-state index contributed by atoms with van der Waals surface area (Å²) in [5.74, 6) is 1.56. The normalized spacial score (nSPS) is 18.6. The van der Waals surface area contributed by atoms with Gasteiger partial charge in [-0.05, 0) is 38.5 Å². The summed E-state index contributed by atoms with van der Waals surface area (Å²) in [6.07, 6.45) is 9.31. The molecular formula is C21H39N5O3. The van der Waals surface area contributed by atoms with E-state index in [1.165, 1.54) is 32.1 Å². The third-order valence-electron chi connectivity index (χ3n) is 5.79. The maximum absolute atomic E-state index is 11.9. The van der Waals surface area contributed by atoms with Crippen molar-refractivity contribution in [1.29, 1.82) is 0 Å². The Hall–Kier alpha value is -1.99. The number of hydrogen-bond donors (Lipinski definition) is 2. The highest BCUT2D eigenvalue weighted by Gasteiger charge is 2.24. The molecule has 0 bridgehead atoms. The monoisotopic (exact) mass is 409 g/mol. The summed E-state index contributed by atoms with van der Waals surface area (Å²) in [6, 6.07) is 0.233. The summed E-state index contributed by atoms with van der Waals surface area (Å²) >= 11 is 0. The van der Waals surface area contributed by atoms with Crippen LogP contribution in [0.2, 0.25) is 0 Å². The maximum Gasteiger partial charge on any atom is 0.409 e. The number of nitrogens with zero attached hydrogens (tertiary/aromatic N) is 3. The number of piperidine rings is 1. The van der Waals surface area contributed by atoms with Crippen molar-refractivity contribution in [3.8, 4) is 0 Å². The molecule has 0 radical (unpaired) electrons. The van der Waals surface area contributed by atoms with Crippen LogP contribution < -0.4 is 10.6 Å². The smallest absolute Gasteiger partial charge is 0.409 e. The first-order chi connectivity index (χ1) is 14.0. The lowest BCUT2D eigenvalue weighted by Crippen LogP contribution is -2.50. The van der Waals surface area contributed by atoms with E-state index in [0.717, 1.165) is 31.7 Å². The third-order valence-corrected chi connectivity index (χ3v) is 5.79. The fourth-order valence-electron chi connectivity index (χ4n) is 3.95. The Morgan fingerprint density at radius 3 is 2.45 bits per heavy atom. The SMILES string of the molecule is CCOC(=O)N1CCC(NC(=NCC(=O)N(C)C)NCCCC2CCCC2)CC1. The van der Waals surface area contributed by atoms with Gasteiger partial charge in [0.25, 0.3) is 0 Å². The molecule has 29 heavy (non-hydrogen) atoms. The standard InChI is InChI=1S/C21H39N5O3/c1-4-29-21(28)26-14-11-18(12-15-26)24-20(23-16-19(27)25(2)3)22-13-7-10-17-8-5-6-9-17/h17-18H,4-16H2,1-3H3,(H2,22,23,24). The lowest BCUT2D eigenvalue weighted by molar-refractivity contribution is -0.127. The van der Waals surface area contributed by atoms with Gasteiger partial charge in [-0.3, -0.25) is 4.79 Å². The van der Waals surface area contributed by atoms with Crippen molar-refractivity contribution in [2.75, 3.05) is 46.9 Å². The van der Waals surface area contributed by atoms with E-state index in [1.807, 2.05) is 6.92 Å². The fourth-order valence-corrected chi connectivity index (χ4v) is 3.95.